The van der Waals surface area contributed by atoms with Crippen molar-refractivity contribution in [2.75, 3.05) is 6.54 Å². The van der Waals surface area contributed by atoms with E-state index in [0.29, 0.717) is 5.71 Å². The van der Waals surface area contributed by atoms with Crippen molar-refractivity contribution in [3.05, 3.63) is 47.5 Å². The molecular formula is C20H20N2O. The van der Waals surface area contributed by atoms with Crippen LogP contribution in [0.5, 0.6) is 0 Å². The molecule has 23 heavy (non-hydrogen) atoms. The molecule has 1 N–H and O–H groups in total. The zero-order valence-corrected chi connectivity index (χ0v) is 13.4. The molecule has 0 saturated carbocycles. The Bertz CT molecular complexity index is 856. The molecule has 4 rings (SSSR count). The van der Waals surface area contributed by atoms with Crippen LogP contribution in [-0.4, -0.2) is 18.2 Å². The highest BCUT2D eigenvalue weighted by molar-refractivity contribution is 6.64. The van der Waals surface area contributed by atoms with E-state index < -0.39 is 0 Å². The van der Waals surface area contributed by atoms with Gasteiger partial charge < -0.3 is 5.32 Å². The minimum atomic E-state index is -0.0583. The fourth-order valence-electron chi connectivity index (χ4n) is 3.57. The van der Waals surface area contributed by atoms with Gasteiger partial charge in [0.15, 0.2) is 0 Å². The number of unbranched alkanes of at least 4 members (excludes halogenated alkanes) is 3. The monoisotopic (exact) mass is 304 g/mol. The van der Waals surface area contributed by atoms with Crippen molar-refractivity contribution in [3.63, 3.8) is 0 Å². The maximum absolute atomic E-state index is 12.4. The highest BCUT2D eigenvalue weighted by Crippen LogP contribution is 2.43. The van der Waals surface area contributed by atoms with Gasteiger partial charge >= 0.3 is 0 Å². The minimum Gasteiger partial charge on any atom is -0.319 e. The lowest BCUT2D eigenvalue weighted by Crippen LogP contribution is -2.22. The Balaban J connectivity index is 1.71. The molecule has 1 aliphatic carbocycles. The third-order valence-electron chi connectivity index (χ3n) is 4.67. The second-order valence-electron chi connectivity index (χ2n) is 6.20. The molecule has 0 spiro atoms. The van der Waals surface area contributed by atoms with Gasteiger partial charge in [-0.2, -0.15) is 0 Å². The van der Waals surface area contributed by atoms with E-state index in [1.54, 1.807) is 0 Å². The number of amides is 1. The van der Waals surface area contributed by atoms with Gasteiger partial charge in [0.05, 0.1) is 5.70 Å². The predicted molar refractivity (Wildman–Crippen MR) is 95.3 cm³/mol. The van der Waals surface area contributed by atoms with Crippen molar-refractivity contribution in [1.82, 2.24) is 5.32 Å². The first-order chi connectivity index (χ1) is 11.3. The minimum absolute atomic E-state index is 0.0583. The normalized spacial score (nSPS) is 17.3. The van der Waals surface area contributed by atoms with E-state index in [9.17, 15) is 4.79 Å². The number of aliphatic imine (C=N–C) groups is 1. The third-order valence-corrected chi connectivity index (χ3v) is 4.67. The van der Waals surface area contributed by atoms with Gasteiger partial charge in [-0.15, -0.1) is 0 Å². The number of carbonyl (C=O) groups excluding carboxylic acids is 1. The average Bonchev–Trinajstić information content (AvgIpc) is 3.05. The Kier molecular flexibility index (Phi) is 3.49. The smallest absolute Gasteiger partial charge is 0.274 e. The van der Waals surface area contributed by atoms with Gasteiger partial charge in [0.2, 0.25) is 0 Å². The van der Waals surface area contributed by atoms with Crippen LogP contribution in [0.4, 0.5) is 0 Å². The average molecular weight is 304 g/mol. The molecule has 3 heteroatoms. The fourth-order valence-corrected chi connectivity index (χ4v) is 3.57. The van der Waals surface area contributed by atoms with Crippen LogP contribution in [0.2, 0.25) is 0 Å². The number of hydrogen-bond donors (Lipinski definition) is 1. The molecular weight excluding hydrogens is 284 g/mol. The van der Waals surface area contributed by atoms with E-state index in [-0.39, 0.29) is 5.91 Å². The van der Waals surface area contributed by atoms with Gasteiger partial charge in [-0.05, 0) is 22.8 Å². The van der Waals surface area contributed by atoms with E-state index in [2.05, 4.69) is 47.6 Å². The van der Waals surface area contributed by atoms with E-state index in [4.69, 9.17) is 0 Å². The van der Waals surface area contributed by atoms with E-state index >= 15 is 0 Å². The standard InChI is InChI=1S/C20H20N2O/c1-2-3-4-5-12-21-19-17-14-10-6-8-13-9-7-11-15(16(13)14)18(17)22-20(19)23/h6-11H,2-5,12H2,1H3,(H,21,22,23). The second-order valence-corrected chi connectivity index (χ2v) is 6.20. The summed E-state index contributed by atoms with van der Waals surface area (Å²) < 4.78 is 0. The summed E-state index contributed by atoms with van der Waals surface area (Å²) in [6.07, 6.45) is 4.67. The van der Waals surface area contributed by atoms with Crippen molar-refractivity contribution in [2.24, 2.45) is 4.99 Å². The summed E-state index contributed by atoms with van der Waals surface area (Å²) in [5, 5.41) is 5.48. The van der Waals surface area contributed by atoms with Gasteiger partial charge in [-0.3, -0.25) is 9.79 Å². The number of carbonyl (C=O) groups is 1. The number of hydrogen-bond acceptors (Lipinski definition) is 2. The van der Waals surface area contributed by atoms with Crippen molar-refractivity contribution in [3.8, 4) is 0 Å². The quantitative estimate of drug-likeness (QED) is 0.827. The first kappa shape index (κ1) is 14.2. The van der Waals surface area contributed by atoms with E-state index in [1.807, 2.05) is 6.07 Å². The van der Waals surface area contributed by atoms with Crippen molar-refractivity contribution < 1.29 is 4.79 Å². The van der Waals surface area contributed by atoms with Gasteiger partial charge in [0.1, 0.15) is 5.71 Å². The van der Waals surface area contributed by atoms with Gasteiger partial charge in [-0.25, -0.2) is 0 Å². The number of nitrogens with zero attached hydrogens (tertiary/aromatic N) is 1. The summed E-state index contributed by atoms with van der Waals surface area (Å²) in [6, 6.07) is 12.5. The molecule has 3 nitrogen and oxygen atoms in total. The summed E-state index contributed by atoms with van der Waals surface area (Å²) in [6.45, 7) is 2.93. The Morgan fingerprint density at radius 2 is 1.78 bits per heavy atom. The van der Waals surface area contributed by atoms with Crippen LogP contribution in [0.25, 0.3) is 22.0 Å². The van der Waals surface area contributed by atoms with Crippen LogP contribution >= 0.6 is 0 Å². The summed E-state index contributed by atoms with van der Waals surface area (Å²) in [7, 11) is 0. The van der Waals surface area contributed by atoms with Crippen molar-refractivity contribution in [1.29, 1.82) is 0 Å². The summed E-state index contributed by atoms with van der Waals surface area (Å²) in [5.41, 5.74) is 4.81. The Hall–Kier alpha value is -2.42. The maximum Gasteiger partial charge on any atom is 0.274 e. The van der Waals surface area contributed by atoms with Crippen LogP contribution in [0, 0.1) is 0 Å². The van der Waals surface area contributed by atoms with E-state index in [0.717, 1.165) is 35.4 Å². The lowest BCUT2D eigenvalue weighted by molar-refractivity contribution is -0.113. The highest BCUT2D eigenvalue weighted by Gasteiger charge is 2.36. The van der Waals surface area contributed by atoms with Crippen LogP contribution in [-0.2, 0) is 4.79 Å². The van der Waals surface area contributed by atoms with Gasteiger partial charge in [-0.1, -0.05) is 62.6 Å². The molecule has 0 atom stereocenters. The van der Waals surface area contributed by atoms with Gasteiger partial charge in [0.25, 0.3) is 5.91 Å². The molecule has 0 unspecified atom stereocenters. The molecule has 2 aliphatic rings. The molecule has 2 aromatic rings. The Morgan fingerprint density at radius 1 is 1.00 bits per heavy atom. The molecule has 0 aromatic heterocycles. The van der Waals surface area contributed by atoms with Crippen molar-refractivity contribution >= 4 is 33.7 Å². The summed E-state index contributed by atoms with van der Waals surface area (Å²) in [5.74, 6) is -0.0583. The lowest BCUT2D eigenvalue weighted by Gasteiger charge is -2.07. The van der Waals surface area contributed by atoms with E-state index in [1.165, 1.54) is 30.0 Å². The second kappa shape index (κ2) is 5.65. The number of benzene rings is 2. The largest absolute Gasteiger partial charge is 0.319 e. The van der Waals surface area contributed by atoms with Crippen LogP contribution in [0.1, 0.15) is 43.7 Å². The first-order valence-corrected chi connectivity index (χ1v) is 8.44. The van der Waals surface area contributed by atoms with Crippen molar-refractivity contribution in [2.45, 2.75) is 32.6 Å². The number of nitrogens with one attached hydrogen (secondary N) is 1. The molecule has 116 valence electrons. The Labute approximate surface area is 136 Å². The zero-order valence-electron chi connectivity index (χ0n) is 13.4. The maximum atomic E-state index is 12.4. The highest BCUT2D eigenvalue weighted by atomic mass is 16.2. The third kappa shape index (κ3) is 2.19. The van der Waals surface area contributed by atoms with Crippen LogP contribution < -0.4 is 5.32 Å². The summed E-state index contributed by atoms with van der Waals surface area (Å²) in [4.78, 5) is 17.0. The lowest BCUT2D eigenvalue weighted by atomic mass is 10.00. The topological polar surface area (TPSA) is 41.5 Å². The molecule has 0 bridgehead atoms. The molecule has 0 fully saturated rings. The molecule has 1 heterocycles. The fraction of sp³-hybridized carbons (Fsp3) is 0.300. The predicted octanol–water partition coefficient (Wildman–Crippen LogP) is 4.17. The van der Waals surface area contributed by atoms with Crippen LogP contribution in [0.3, 0.4) is 0 Å². The molecule has 1 amide bonds. The molecule has 2 aromatic carbocycles. The molecule has 0 radical (unpaired) electrons. The molecule has 1 aliphatic heterocycles. The SMILES string of the molecule is CCCCCCN=C1C(=O)NC2=C1c1cccc3cccc2c13. The Morgan fingerprint density at radius 3 is 2.57 bits per heavy atom. The first-order valence-electron chi connectivity index (χ1n) is 8.44. The van der Waals surface area contributed by atoms with Crippen LogP contribution in [0.15, 0.2) is 41.4 Å². The zero-order chi connectivity index (χ0) is 15.8. The number of fused-ring (bicyclic) bond motifs is 2. The summed E-state index contributed by atoms with van der Waals surface area (Å²) >= 11 is 0. The van der Waals surface area contributed by atoms with Gasteiger partial charge in [0, 0.05) is 17.7 Å². The molecule has 0 saturated heterocycles. The number of rotatable bonds is 5.